The van der Waals surface area contributed by atoms with Gasteiger partial charge in [0.25, 0.3) is 5.78 Å². The number of hydrogen-bond acceptors (Lipinski definition) is 9. The quantitative estimate of drug-likeness (QED) is 0.444. The van der Waals surface area contributed by atoms with Gasteiger partial charge in [0.1, 0.15) is 0 Å². The molecule has 5 heterocycles. The summed E-state index contributed by atoms with van der Waals surface area (Å²) in [7, 11) is 0. The van der Waals surface area contributed by atoms with E-state index in [1.807, 2.05) is 43.6 Å². The van der Waals surface area contributed by atoms with Gasteiger partial charge in [-0.05, 0) is 37.7 Å². The molecule has 0 unspecified atom stereocenters. The van der Waals surface area contributed by atoms with Crippen molar-refractivity contribution in [2.75, 3.05) is 50.8 Å². The van der Waals surface area contributed by atoms with E-state index in [1.165, 1.54) is 0 Å². The van der Waals surface area contributed by atoms with Gasteiger partial charge in [-0.25, -0.2) is 19.5 Å². The third-order valence-corrected chi connectivity index (χ3v) is 6.63. The zero-order valence-electron chi connectivity index (χ0n) is 20.0. The first-order valence-electron chi connectivity index (χ1n) is 12.1. The Bertz CT molecular complexity index is 1360. The molecule has 2 aliphatic heterocycles. The van der Waals surface area contributed by atoms with E-state index in [0.717, 1.165) is 79.1 Å². The van der Waals surface area contributed by atoms with Crippen LogP contribution in [0, 0.1) is 6.92 Å². The third kappa shape index (κ3) is 4.14. The third-order valence-electron chi connectivity index (χ3n) is 6.63. The molecule has 0 radical (unpaired) electrons. The molecule has 0 amide bonds. The summed E-state index contributed by atoms with van der Waals surface area (Å²) in [5.41, 5.74) is 3.51. The van der Waals surface area contributed by atoms with Gasteiger partial charge >= 0.3 is 0 Å². The van der Waals surface area contributed by atoms with E-state index in [-0.39, 0.29) is 0 Å². The highest BCUT2D eigenvalue weighted by Gasteiger charge is 2.20. The van der Waals surface area contributed by atoms with Gasteiger partial charge in [0.2, 0.25) is 5.95 Å². The molecular weight excluding hydrogens is 444 g/mol. The van der Waals surface area contributed by atoms with E-state index >= 15 is 0 Å². The molecule has 0 aliphatic carbocycles. The maximum Gasteiger partial charge on any atom is 0.252 e. The lowest BCUT2D eigenvalue weighted by Gasteiger charge is -2.34. The van der Waals surface area contributed by atoms with E-state index in [1.54, 1.807) is 4.52 Å². The summed E-state index contributed by atoms with van der Waals surface area (Å²) in [4.78, 5) is 23.3. The molecule has 3 aromatic heterocycles. The van der Waals surface area contributed by atoms with Crippen molar-refractivity contribution in [3.8, 4) is 34.1 Å². The molecule has 0 bridgehead atoms. The van der Waals surface area contributed by atoms with Crippen LogP contribution in [0.5, 0.6) is 11.5 Å². The van der Waals surface area contributed by atoms with E-state index in [9.17, 15) is 0 Å². The molecule has 0 saturated carbocycles. The fourth-order valence-corrected chi connectivity index (χ4v) is 4.53. The van der Waals surface area contributed by atoms with Gasteiger partial charge in [0, 0.05) is 56.1 Å². The summed E-state index contributed by atoms with van der Waals surface area (Å²) in [5.74, 6) is 3.35. The second-order valence-electron chi connectivity index (χ2n) is 8.78. The monoisotopic (exact) mass is 472 g/mol. The summed E-state index contributed by atoms with van der Waals surface area (Å²) in [6.45, 7) is 10.5. The van der Waals surface area contributed by atoms with Gasteiger partial charge in [-0.1, -0.05) is 6.92 Å². The first kappa shape index (κ1) is 21.7. The number of piperazine rings is 1. The highest BCUT2D eigenvalue weighted by atomic mass is 16.5. The maximum atomic E-state index is 5.83. The van der Waals surface area contributed by atoms with Crippen molar-refractivity contribution in [3.05, 3.63) is 42.4 Å². The van der Waals surface area contributed by atoms with Gasteiger partial charge < -0.3 is 19.3 Å². The number of fused-ring (bicyclic) bond motifs is 2. The molecule has 10 heteroatoms. The van der Waals surface area contributed by atoms with Crippen molar-refractivity contribution < 1.29 is 9.47 Å². The number of anilines is 1. The van der Waals surface area contributed by atoms with Crippen LogP contribution in [0.1, 0.15) is 19.0 Å². The highest BCUT2D eigenvalue weighted by Crippen LogP contribution is 2.33. The summed E-state index contributed by atoms with van der Waals surface area (Å²) in [5, 5.41) is 4.76. The zero-order chi connectivity index (χ0) is 23.8. The number of hydrogen-bond donors (Lipinski definition) is 0. The van der Waals surface area contributed by atoms with Crippen molar-refractivity contribution >= 4 is 11.7 Å². The van der Waals surface area contributed by atoms with Gasteiger partial charge in [0.15, 0.2) is 17.3 Å². The minimum absolute atomic E-state index is 0.540. The van der Waals surface area contributed by atoms with Crippen molar-refractivity contribution in [3.63, 3.8) is 0 Å². The summed E-state index contributed by atoms with van der Waals surface area (Å²) >= 11 is 0. The van der Waals surface area contributed by atoms with Gasteiger partial charge in [0.05, 0.1) is 24.6 Å². The predicted octanol–water partition coefficient (Wildman–Crippen LogP) is 2.86. The lowest BCUT2D eigenvalue weighted by Crippen LogP contribution is -2.46. The molecule has 1 aromatic carbocycles. The zero-order valence-corrected chi connectivity index (χ0v) is 20.0. The SMILES string of the molecule is CCN1CCN(c2nccc(-c3cnc4nc(-c5ccc6c(c5)OCCCO6)nn4c3C)n2)CC1. The molecule has 1 saturated heterocycles. The number of benzene rings is 1. The molecule has 10 nitrogen and oxygen atoms in total. The van der Waals surface area contributed by atoms with E-state index < -0.39 is 0 Å². The number of ether oxygens (including phenoxy) is 2. The molecule has 2 aliphatic rings. The Morgan fingerprint density at radius 1 is 0.943 bits per heavy atom. The Morgan fingerprint density at radius 3 is 2.60 bits per heavy atom. The van der Waals surface area contributed by atoms with E-state index in [4.69, 9.17) is 19.6 Å². The van der Waals surface area contributed by atoms with Crippen molar-refractivity contribution in [1.82, 2.24) is 34.4 Å². The highest BCUT2D eigenvalue weighted by molar-refractivity contribution is 5.66. The minimum Gasteiger partial charge on any atom is -0.490 e. The van der Waals surface area contributed by atoms with Crippen LogP contribution in [0.15, 0.2) is 36.7 Å². The topological polar surface area (TPSA) is 93.8 Å². The van der Waals surface area contributed by atoms with Crippen molar-refractivity contribution in [2.45, 2.75) is 20.3 Å². The molecule has 35 heavy (non-hydrogen) atoms. The van der Waals surface area contributed by atoms with Crippen LogP contribution < -0.4 is 14.4 Å². The summed E-state index contributed by atoms with van der Waals surface area (Å²) < 4.78 is 13.4. The summed E-state index contributed by atoms with van der Waals surface area (Å²) in [6, 6.07) is 7.72. The smallest absolute Gasteiger partial charge is 0.252 e. The number of aryl methyl sites for hydroxylation is 1. The molecule has 6 rings (SSSR count). The van der Waals surface area contributed by atoms with Crippen LogP contribution in [0.2, 0.25) is 0 Å². The largest absolute Gasteiger partial charge is 0.490 e. The lowest BCUT2D eigenvalue weighted by atomic mass is 10.2. The van der Waals surface area contributed by atoms with Crippen LogP contribution in [-0.4, -0.2) is 80.4 Å². The number of likely N-dealkylation sites (N-methyl/N-ethyl adjacent to an activating group) is 1. The maximum absolute atomic E-state index is 5.83. The fourth-order valence-electron chi connectivity index (χ4n) is 4.53. The van der Waals surface area contributed by atoms with Crippen molar-refractivity contribution in [2.24, 2.45) is 0 Å². The van der Waals surface area contributed by atoms with Crippen molar-refractivity contribution in [1.29, 1.82) is 0 Å². The number of rotatable bonds is 4. The Kier molecular flexibility index (Phi) is 5.65. The molecule has 0 spiro atoms. The Labute approximate surface area is 203 Å². The van der Waals surface area contributed by atoms with E-state index in [2.05, 4.69) is 31.7 Å². The van der Waals surface area contributed by atoms with Gasteiger partial charge in [-0.15, -0.1) is 5.10 Å². The molecule has 4 aromatic rings. The normalized spacial score (nSPS) is 16.5. The van der Waals surface area contributed by atoms with E-state index in [0.29, 0.717) is 24.8 Å². The second-order valence-corrected chi connectivity index (χ2v) is 8.78. The Balaban J connectivity index is 1.31. The minimum atomic E-state index is 0.540. The van der Waals surface area contributed by atoms with Crippen LogP contribution in [-0.2, 0) is 0 Å². The first-order valence-corrected chi connectivity index (χ1v) is 12.1. The average molecular weight is 473 g/mol. The fraction of sp³-hybridized carbons (Fsp3) is 0.400. The molecular formula is C25H28N8O2. The molecule has 0 atom stereocenters. The average Bonchev–Trinajstić information content (AvgIpc) is 3.21. The van der Waals surface area contributed by atoms with Crippen LogP contribution >= 0.6 is 0 Å². The second kappa shape index (κ2) is 9.10. The van der Waals surface area contributed by atoms with Gasteiger partial charge in [-0.3, -0.25) is 0 Å². The number of nitrogens with zero attached hydrogens (tertiary/aromatic N) is 8. The predicted molar refractivity (Wildman–Crippen MR) is 132 cm³/mol. The van der Waals surface area contributed by atoms with Gasteiger partial charge in [-0.2, -0.15) is 4.98 Å². The Morgan fingerprint density at radius 2 is 1.77 bits per heavy atom. The Hall–Kier alpha value is -3.79. The first-order chi connectivity index (χ1) is 17.2. The van der Waals surface area contributed by atoms with Crippen LogP contribution in [0.4, 0.5) is 5.95 Å². The molecule has 180 valence electrons. The lowest BCUT2D eigenvalue weighted by molar-refractivity contribution is 0.270. The van der Waals surface area contributed by atoms with Crippen LogP contribution in [0.3, 0.4) is 0 Å². The number of aromatic nitrogens is 6. The molecule has 0 N–H and O–H groups in total. The van der Waals surface area contributed by atoms with Crippen LogP contribution in [0.25, 0.3) is 28.4 Å². The standard InChI is InChI=1S/C25H28N8O2/c1-3-31-9-11-32(12-10-31)24-26-8-7-20(28-24)19-16-27-25-29-23(30-33(25)17(19)2)18-5-6-21-22(15-18)35-14-4-13-34-21/h5-8,15-16H,3-4,9-14H2,1-2H3. The molecule has 1 fully saturated rings. The summed E-state index contributed by atoms with van der Waals surface area (Å²) in [6.07, 6.45) is 4.50.